The summed E-state index contributed by atoms with van der Waals surface area (Å²) >= 11 is 1.48. The fraction of sp³-hybridized carbons (Fsp3) is 0.333. The summed E-state index contributed by atoms with van der Waals surface area (Å²) in [5, 5.41) is 5.53. The van der Waals surface area contributed by atoms with E-state index < -0.39 is 0 Å². The SMILES string of the molecule is CCCCNC(=O)c1csc(-c2ccc(CN)cc2)n1. The van der Waals surface area contributed by atoms with Crippen molar-refractivity contribution in [2.45, 2.75) is 26.3 Å². The molecule has 1 aromatic carbocycles. The van der Waals surface area contributed by atoms with Gasteiger partial charge in [0.25, 0.3) is 5.91 Å². The molecule has 0 spiro atoms. The van der Waals surface area contributed by atoms with Crippen molar-refractivity contribution in [2.24, 2.45) is 5.73 Å². The van der Waals surface area contributed by atoms with E-state index in [2.05, 4.69) is 17.2 Å². The number of hydrogen-bond acceptors (Lipinski definition) is 4. The van der Waals surface area contributed by atoms with E-state index in [0.29, 0.717) is 18.8 Å². The van der Waals surface area contributed by atoms with Crippen molar-refractivity contribution in [3.8, 4) is 10.6 Å². The molecule has 106 valence electrons. The van der Waals surface area contributed by atoms with Crippen LogP contribution in [-0.2, 0) is 6.54 Å². The summed E-state index contributed by atoms with van der Waals surface area (Å²) in [6.45, 7) is 3.33. The smallest absolute Gasteiger partial charge is 0.270 e. The second-order valence-electron chi connectivity index (χ2n) is 4.55. The van der Waals surface area contributed by atoms with Crippen molar-refractivity contribution in [1.29, 1.82) is 0 Å². The van der Waals surface area contributed by atoms with E-state index >= 15 is 0 Å². The van der Waals surface area contributed by atoms with Crippen LogP contribution in [0, 0.1) is 0 Å². The number of carbonyl (C=O) groups excluding carboxylic acids is 1. The summed E-state index contributed by atoms with van der Waals surface area (Å²) in [5.74, 6) is -0.0977. The fourth-order valence-corrected chi connectivity index (χ4v) is 2.57. The Morgan fingerprint density at radius 1 is 1.35 bits per heavy atom. The predicted octanol–water partition coefficient (Wildman–Crippen LogP) is 2.80. The Bertz CT molecular complexity index is 563. The number of thiazole rings is 1. The number of nitrogens with one attached hydrogen (secondary N) is 1. The summed E-state index contributed by atoms with van der Waals surface area (Å²) in [6.07, 6.45) is 2.05. The quantitative estimate of drug-likeness (QED) is 0.803. The number of rotatable bonds is 6. The van der Waals surface area contributed by atoms with Gasteiger partial charge in [-0.15, -0.1) is 11.3 Å². The van der Waals surface area contributed by atoms with Crippen LogP contribution >= 0.6 is 11.3 Å². The minimum Gasteiger partial charge on any atom is -0.351 e. The molecule has 2 aromatic rings. The van der Waals surface area contributed by atoms with Crippen LogP contribution in [0.5, 0.6) is 0 Å². The highest BCUT2D eigenvalue weighted by atomic mass is 32.1. The second-order valence-corrected chi connectivity index (χ2v) is 5.41. The molecule has 20 heavy (non-hydrogen) atoms. The molecule has 0 bridgehead atoms. The van der Waals surface area contributed by atoms with Gasteiger partial charge in [0.1, 0.15) is 10.7 Å². The first-order valence-corrected chi connectivity index (χ1v) is 7.65. The number of nitrogens with two attached hydrogens (primary N) is 1. The fourth-order valence-electron chi connectivity index (χ4n) is 1.76. The lowest BCUT2D eigenvalue weighted by Gasteiger charge is -2.01. The summed E-state index contributed by atoms with van der Waals surface area (Å²) in [7, 11) is 0. The molecule has 0 aliphatic heterocycles. The largest absolute Gasteiger partial charge is 0.351 e. The van der Waals surface area contributed by atoms with Crippen LogP contribution in [0.3, 0.4) is 0 Å². The van der Waals surface area contributed by atoms with Gasteiger partial charge in [0, 0.05) is 24.0 Å². The maximum absolute atomic E-state index is 11.9. The molecule has 0 fully saturated rings. The third-order valence-electron chi connectivity index (χ3n) is 2.99. The third kappa shape index (κ3) is 3.65. The number of carbonyl (C=O) groups is 1. The average molecular weight is 289 g/mol. The van der Waals surface area contributed by atoms with E-state index in [0.717, 1.165) is 29.0 Å². The number of amides is 1. The maximum Gasteiger partial charge on any atom is 0.270 e. The van der Waals surface area contributed by atoms with Gasteiger partial charge in [-0.1, -0.05) is 37.6 Å². The summed E-state index contributed by atoms with van der Waals surface area (Å²) in [5.41, 5.74) is 8.16. The Labute approximate surface area is 123 Å². The Kier molecular flexibility index (Phi) is 5.26. The standard InChI is InChI=1S/C15H19N3OS/c1-2-3-8-17-14(19)13-10-20-15(18-13)12-6-4-11(9-16)5-7-12/h4-7,10H,2-3,8-9,16H2,1H3,(H,17,19). The lowest BCUT2D eigenvalue weighted by atomic mass is 10.1. The van der Waals surface area contributed by atoms with E-state index in [-0.39, 0.29) is 5.91 Å². The third-order valence-corrected chi connectivity index (χ3v) is 3.88. The van der Waals surface area contributed by atoms with E-state index in [1.165, 1.54) is 11.3 Å². The van der Waals surface area contributed by atoms with Crippen molar-refractivity contribution < 1.29 is 4.79 Å². The molecule has 0 unspecified atom stereocenters. The van der Waals surface area contributed by atoms with Gasteiger partial charge in [-0.05, 0) is 12.0 Å². The molecule has 1 aromatic heterocycles. The van der Waals surface area contributed by atoms with Crippen molar-refractivity contribution >= 4 is 17.2 Å². The molecule has 3 N–H and O–H groups in total. The molecule has 1 amide bonds. The number of hydrogen-bond donors (Lipinski definition) is 2. The highest BCUT2D eigenvalue weighted by Crippen LogP contribution is 2.24. The Morgan fingerprint density at radius 2 is 2.10 bits per heavy atom. The predicted molar refractivity (Wildman–Crippen MR) is 82.7 cm³/mol. The topological polar surface area (TPSA) is 68.0 Å². The van der Waals surface area contributed by atoms with E-state index in [9.17, 15) is 4.79 Å². The van der Waals surface area contributed by atoms with Gasteiger partial charge < -0.3 is 11.1 Å². The molecular formula is C15H19N3OS. The molecule has 0 radical (unpaired) electrons. The summed E-state index contributed by atoms with van der Waals surface area (Å²) < 4.78 is 0. The van der Waals surface area contributed by atoms with Crippen LogP contribution in [0.4, 0.5) is 0 Å². The van der Waals surface area contributed by atoms with E-state index in [4.69, 9.17) is 5.73 Å². The number of unbranched alkanes of at least 4 members (excludes halogenated alkanes) is 1. The lowest BCUT2D eigenvalue weighted by molar-refractivity contribution is 0.0949. The van der Waals surface area contributed by atoms with Crippen molar-refractivity contribution in [3.05, 3.63) is 40.9 Å². The van der Waals surface area contributed by atoms with Crippen LogP contribution < -0.4 is 11.1 Å². The molecule has 0 saturated heterocycles. The molecule has 0 atom stereocenters. The number of benzene rings is 1. The zero-order chi connectivity index (χ0) is 14.4. The maximum atomic E-state index is 11.9. The van der Waals surface area contributed by atoms with Crippen molar-refractivity contribution in [2.75, 3.05) is 6.54 Å². The van der Waals surface area contributed by atoms with Gasteiger partial charge in [0.05, 0.1) is 0 Å². The van der Waals surface area contributed by atoms with Crippen molar-refractivity contribution in [3.63, 3.8) is 0 Å². The second kappa shape index (κ2) is 7.17. The molecular weight excluding hydrogens is 270 g/mol. The number of nitrogens with zero attached hydrogens (tertiary/aromatic N) is 1. The normalized spacial score (nSPS) is 10.5. The lowest BCUT2D eigenvalue weighted by Crippen LogP contribution is -2.24. The molecule has 1 heterocycles. The zero-order valence-electron chi connectivity index (χ0n) is 11.6. The van der Waals surface area contributed by atoms with Gasteiger partial charge in [-0.25, -0.2) is 4.98 Å². The van der Waals surface area contributed by atoms with Crippen LogP contribution in [0.25, 0.3) is 10.6 Å². The van der Waals surface area contributed by atoms with Crippen LogP contribution in [0.2, 0.25) is 0 Å². The summed E-state index contributed by atoms with van der Waals surface area (Å²) in [6, 6.07) is 7.94. The molecule has 0 aliphatic carbocycles. The average Bonchev–Trinajstić information content (AvgIpc) is 2.97. The number of aromatic nitrogens is 1. The molecule has 0 saturated carbocycles. The molecule has 4 nitrogen and oxygen atoms in total. The first-order chi connectivity index (χ1) is 9.74. The Hall–Kier alpha value is -1.72. The molecule has 0 aliphatic rings. The Morgan fingerprint density at radius 3 is 2.75 bits per heavy atom. The van der Waals surface area contributed by atoms with Gasteiger partial charge in [-0.3, -0.25) is 4.79 Å². The Balaban J connectivity index is 2.05. The van der Waals surface area contributed by atoms with Gasteiger partial charge >= 0.3 is 0 Å². The summed E-state index contributed by atoms with van der Waals surface area (Å²) in [4.78, 5) is 16.3. The highest BCUT2D eigenvalue weighted by molar-refractivity contribution is 7.13. The van der Waals surface area contributed by atoms with Crippen LogP contribution in [0.15, 0.2) is 29.6 Å². The minimum absolute atomic E-state index is 0.0977. The molecule has 5 heteroatoms. The van der Waals surface area contributed by atoms with Gasteiger partial charge in [0.2, 0.25) is 0 Å². The van der Waals surface area contributed by atoms with Crippen molar-refractivity contribution in [1.82, 2.24) is 10.3 Å². The monoisotopic (exact) mass is 289 g/mol. The van der Waals surface area contributed by atoms with Gasteiger partial charge in [0.15, 0.2) is 0 Å². The van der Waals surface area contributed by atoms with Crippen LogP contribution in [0.1, 0.15) is 35.8 Å². The molecule has 2 rings (SSSR count). The van der Waals surface area contributed by atoms with Crippen LogP contribution in [-0.4, -0.2) is 17.4 Å². The minimum atomic E-state index is -0.0977. The zero-order valence-corrected chi connectivity index (χ0v) is 12.4. The van der Waals surface area contributed by atoms with E-state index in [1.54, 1.807) is 5.38 Å². The first kappa shape index (κ1) is 14.7. The highest BCUT2D eigenvalue weighted by Gasteiger charge is 2.11. The first-order valence-electron chi connectivity index (χ1n) is 6.77. The van der Waals surface area contributed by atoms with E-state index in [1.807, 2.05) is 24.3 Å². The van der Waals surface area contributed by atoms with Gasteiger partial charge in [-0.2, -0.15) is 0 Å².